The van der Waals surface area contributed by atoms with E-state index in [1.165, 1.54) is 5.56 Å². The van der Waals surface area contributed by atoms with Gasteiger partial charge in [-0.2, -0.15) is 0 Å². The third-order valence-corrected chi connectivity index (χ3v) is 3.12. The Balaban J connectivity index is 2.37. The zero-order valence-electron chi connectivity index (χ0n) is 9.73. The van der Waals surface area contributed by atoms with E-state index in [0.29, 0.717) is 13.1 Å². The molecule has 1 heterocycles. The van der Waals surface area contributed by atoms with Crippen molar-refractivity contribution in [2.45, 2.75) is 12.8 Å². The van der Waals surface area contributed by atoms with Crippen molar-refractivity contribution < 1.29 is 4.79 Å². The number of aryl methyl sites for hydroxylation is 1. The number of nitrogens with zero attached hydrogens (tertiary/aromatic N) is 2. The highest BCUT2D eigenvalue weighted by Crippen LogP contribution is 2.29. The van der Waals surface area contributed by atoms with Gasteiger partial charge in [-0.25, -0.2) is 0 Å². The topological polar surface area (TPSA) is 49.6 Å². The second kappa shape index (κ2) is 4.14. The third-order valence-electron chi connectivity index (χ3n) is 3.12. The Morgan fingerprint density at radius 2 is 2.19 bits per heavy atom. The Labute approximate surface area is 95.6 Å². The van der Waals surface area contributed by atoms with Crippen LogP contribution in [-0.4, -0.2) is 26.7 Å². The number of hydrogen-bond donors (Lipinski definition) is 1. The number of carbonyl (C=O) groups excluding carboxylic acids is 1. The van der Waals surface area contributed by atoms with E-state index >= 15 is 0 Å². The van der Waals surface area contributed by atoms with Crippen molar-refractivity contribution in [1.29, 1.82) is 0 Å². The van der Waals surface area contributed by atoms with Crippen LogP contribution in [0.5, 0.6) is 0 Å². The molecule has 0 unspecified atom stereocenters. The largest absolute Gasteiger partial charge is 0.362 e. The zero-order valence-corrected chi connectivity index (χ0v) is 9.73. The summed E-state index contributed by atoms with van der Waals surface area (Å²) in [5, 5.41) is 0. The van der Waals surface area contributed by atoms with Crippen LogP contribution in [-0.2, 0) is 11.2 Å². The number of anilines is 2. The molecule has 4 nitrogen and oxygen atoms in total. The predicted octanol–water partition coefficient (Wildman–Crippen LogP) is 0.948. The number of nitrogens with two attached hydrogens (primary N) is 1. The van der Waals surface area contributed by atoms with E-state index in [1.807, 2.05) is 31.1 Å². The van der Waals surface area contributed by atoms with Crippen molar-refractivity contribution >= 4 is 17.3 Å². The van der Waals surface area contributed by atoms with E-state index in [2.05, 4.69) is 6.07 Å². The van der Waals surface area contributed by atoms with Crippen molar-refractivity contribution in [3.8, 4) is 0 Å². The molecular formula is C12H17N3O. The summed E-state index contributed by atoms with van der Waals surface area (Å²) in [4.78, 5) is 15.2. The summed E-state index contributed by atoms with van der Waals surface area (Å²) < 4.78 is 0. The highest BCUT2D eigenvalue weighted by atomic mass is 16.2. The van der Waals surface area contributed by atoms with E-state index in [1.54, 1.807) is 4.90 Å². The first-order valence-corrected chi connectivity index (χ1v) is 5.44. The molecule has 0 fully saturated rings. The molecule has 1 aliphatic rings. The molecule has 0 bridgehead atoms. The Morgan fingerprint density at radius 1 is 1.44 bits per heavy atom. The number of benzene rings is 1. The van der Waals surface area contributed by atoms with Gasteiger partial charge in [0, 0.05) is 31.9 Å². The third kappa shape index (κ3) is 1.76. The van der Waals surface area contributed by atoms with Gasteiger partial charge in [0.15, 0.2) is 0 Å². The fraction of sp³-hybridized carbons (Fsp3) is 0.417. The van der Waals surface area contributed by atoms with Crippen molar-refractivity contribution in [3.63, 3.8) is 0 Å². The molecule has 0 aromatic heterocycles. The van der Waals surface area contributed by atoms with Crippen LogP contribution in [0.15, 0.2) is 18.2 Å². The Bertz CT molecular complexity index is 417. The monoisotopic (exact) mass is 219 g/mol. The number of amides is 1. The van der Waals surface area contributed by atoms with Gasteiger partial charge >= 0.3 is 0 Å². The average Bonchev–Trinajstić information content (AvgIpc) is 2.32. The molecule has 4 heteroatoms. The second-order valence-corrected chi connectivity index (χ2v) is 4.15. The molecular weight excluding hydrogens is 202 g/mol. The summed E-state index contributed by atoms with van der Waals surface area (Å²) in [5.74, 6) is 0.187. The molecule has 0 spiro atoms. The molecule has 2 rings (SSSR count). The Hall–Kier alpha value is -1.55. The van der Waals surface area contributed by atoms with E-state index in [-0.39, 0.29) is 5.91 Å². The second-order valence-electron chi connectivity index (χ2n) is 4.15. The van der Waals surface area contributed by atoms with Crippen molar-refractivity contribution in [2.75, 3.05) is 30.6 Å². The molecule has 1 amide bonds. The minimum atomic E-state index is 0.187. The SMILES string of the molecule is CN(CN)c1ccc2c(c1)CCC(=O)N2C. The quantitative estimate of drug-likeness (QED) is 0.753. The van der Waals surface area contributed by atoms with Crippen LogP contribution in [0.25, 0.3) is 0 Å². The van der Waals surface area contributed by atoms with Gasteiger partial charge in [0.1, 0.15) is 0 Å². The summed E-state index contributed by atoms with van der Waals surface area (Å²) in [5.41, 5.74) is 8.93. The Morgan fingerprint density at radius 3 is 2.88 bits per heavy atom. The van der Waals surface area contributed by atoms with Gasteiger partial charge in [-0.15, -0.1) is 0 Å². The lowest BCUT2D eigenvalue weighted by atomic mass is 10.0. The smallest absolute Gasteiger partial charge is 0.227 e. The zero-order chi connectivity index (χ0) is 11.7. The van der Waals surface area contributed by atoms with Crippen molar-refractivity contribution in [2.24, 2.45) is 5.73 Å². The van der Waals surface area contributed by atoms with E-state index in [4.69, 9.17) is 5.73 Å². The van der Waals surface area contributed by atoms with Crippen LogP contribution in [0.4, 0.5) is 11.4 Å². The van der Waals surface area contributed by atoms with Crippen LogP contribution >= 0.6 is 0 Å². The molecule has 86 valence electrons. The first-order chi connectivity index (χ1) is 7.63. The first kappa shape index (κ1) is 11.0. The lowest BCUT2D eigenvalue weighted by molar-refractivity contribution is -0.118. The normalized spacial score (nSPS) is 14.9. The minimum absolute atomic E-state index is 0.187. The van der Waals surface area contributed by atoms with Crippen molar-refractivity contribution in [1.82, 2.24) is 0 Å². The predicted molar refractivity (Wildman–Crippen MR) is 65.6 cm³/mol. The van der Waals surface area contributed by atoms with Gasteiger partial charge < -0.3 is 15.5 Å². The van der Waals surface area contributed by atoms with Gasteiger partial charge in [-0.05, 0) is 30.2 Å². The van der Waals surface area contributed by atoms with E-state index in [9.17, 15) is 4.79 Å². The first-order valence-electron chi connectivity index (χ1n) is 5.44. The summed E-state index contributed by atoms with van der Waals surface area (Å²) in [6.45, 7) is 0.494. The van der Waals surface area contributed by atoms with Gasteiger partial charge in [0.05, 0.1) is 6.67 Å². The highest BCUT2D eigenvalue weighted by molar-refractivity contribution is 5.96. The van der Waals surface area contributed by atoms with Crippen LogP contribution in [0, 0.1) is 0 Å². The van der Waals surface area contributed by atoms with Gasteiger partial charge in [0.2, 0.25) is 5.91 Å². The molecule has 1 aliphatic heterocycles. The summed E-state index contributed by atoms with van der Waals surface area (Å²) >= 11 is 0. The number of carbonyl (C=O) groups is 1. The lowest BCUT2D eigenvalue weighted by Crippen LogP contribution is -2.31. The molecule has 16 heavy (non-hydrogen) atoms. The minimum Gasteiger partial charge on any atom is -0.362 e. The van der Waals surface area contributed by atoms with E-state index < -0.39 is 0 Å². The maximum atomic E-state index is 11.5. The molecule has 0 atom stereocenters. The highest BCUT2D eigenvalue weighted by Gasteiger charge is 2.20. The number of rotatable bonds is 2. The summed E-state index contributed by atoms with van der Waals surface area (Å²) in [7, 11) is 3.78. The van der Waals surface area contributed by atoms with Crippen LogP contribution < -0.4 is 15.5 Å². The Kier molecular flexibility index (Phi) is 2.83. The van der Waals surface area contributed by atoms with E-state index in [0.717, 1.165) is 17.8 Å². The number of hydrogen-bond acceptors (Lipinski definition) is 3. The molecule has 1 aromatic carbocycles. The fourth-order valence-electron chi connectivity index (χ4n) is 1.99. The molecule has 0 aliphatic carbocycles. The molecule has 0 saturated heterocycles. The molecule has 1 aromatic rings. The van der Waals surface area contributed by atoms with Crippen LogP contribution in [0.2, 0.25) is 0 Å². The molecule has 2 N–H and O–H groups in total. The standard InChI is InChI=1S/C12H17N3O/c1-14(8-13)10-4-5-11-9(7-10)3-6-12(16)15(11)2/h4-5,7H,3,6,8,13H2,1-2H3. The van der Waals surface area contributed by atoms with Crippen LogP contribution in [0.3, 0.4) is 0 Å². The molecule has 0 radical (unpaired) electrons. The van der Waals surface area contributed by atoms with Crippen molar-refractivity contribution in [3.05, 3.63) is 23.8 Å². The summed E-state index contributed by atoms with van der Waals surface area (Å²) in [6, 6.07) is 6.11. The molecule has 0 saturated carbocycles. The number of fused-ring (bicyclic) bond motifs is 1. The summed E-state index contributed by atoms with van der Waals surface area (Å²) in [6.07, 6.45) is 1.42. The fourth-order valence-corrected chi connectivity index (χ4v) is 1.99. The van der Waals surface area contributed by atoms with Crippen LogP contribution in [0.1, 0.15) is 12.0 Å². The average molecular weight is 219 g/mol. The van der Waals surface area contributed by atoms with Gasteiger partial charge in [-0.3, -0.25) is 4.79 Å². The maximum Gasteiger partial charge on any atom is 0.227 e. The lowest BCUT2D eigenvalue weighted by Gasteiger charge is -2.27. The van der Waals surface area contributed by atoms with Gasteiger partial charge in [-0.1, -0.05) is 0 Å². The maximum absolute atomic E-state index is 11.5. The van der Waals surface area contributed by atoms with Gasteiger partial charge in [0.25, 0.3) is 0 Å².